The van der Waals surface area contributed by atoms with Crippen molar-refractivity contribution in [1.29, 1.82) is 0 Å². The van der Waals surface area contributed by atoms with Gasteiger partial charge in [-0.25, -0.2) is 0 Å². The Hall–Kier alpha value is -0.280. The van der Waals surface area contributed by atoms with E-state index in [-0.39, 0.29) is 17.8 Å². The third-order valence-electron chi connectivity index (χ3n) is 5.49. The minimum Gasteiger partial charge on any atom is -0.342 e. The van der Waals surface area contributed by atoms with E-state index in [4.69, 9.17) is 0 Å². The number of amides is 1. The van der Waals surface area contributed by atoms with Crippen molar-refractivity contribution in [2.24, 2.45) is 23.2 Å². The van der Waals surface area contributed by atoms with E-state index in [1.54, 1.807) is 0 Å². The average molecular weight is 301 g/mol. The summed E-state index contributed by atoms with van der Waals surface area (Å²) in [4.78, 5) is 15.3. The topological polar surface area (TPSA) is 32.3 Å². The molecule has 2 atom stereocenters. The number of nitrogens with zero attached hydrogens (tertiary/aromatic N) is 1. The molecule has 3 fully saturated rings. The van der Waals surface area contributed by atoms with Gasteiger partial charge < -0.3 is 10.2 Å². The summed E-state index contributed by atoms with van der Waals surface area (Å²) in [5, 5.41) is 3.46. The molecule has 1 saturated carbocycles. The molecule has 3 nitrogen and oxygen atoms in total. The molecule has 0 aromatic rings. The van der Waals surface area contributed by atoms with Crippen molar-refractivity contribution >= 4 is 18.3 Å². The van der Waals surface area contributed by atoms with Crippen LogP contribution in [0.5, 0.6) is 0 Å². The van der Waals surface area contributed by atoms with Gasteiger partial charge in [-0.05, 0) is 37.0 Å². The Morgan fingerprint density at radius 2 is 1.75 bits per heavy atom. The molecule has 2 heterocycles. The maximum Gasteiger partial charge on any atom is 0.228 e. The number of rotatable bonds is 3. The van der Waals surface area contributed by atoms with Crippen LogP contribution in [0.3, 0.4) is 0 Å². The predicted molar refractivity (Wildman–Crippen MR) is 84.0 cm³/mol. The molecule has 3 aliphatic rings. The number of hydrogen-bond donors (Lipinski definition) is 1. The summed E-state index contributed by atoms with van der Waals surface area (Å²) in [6, 6.07) is 0. The molecule has 1 aliphatic carbocycles. The zero-order chi connectivity index (χ0) is 13.5. The Bertz CT molecular complexity index is 340. The van der Waals surface area contributed by atoms with E-state index >= 15 is 0 Å². The van der Waals surface area contributed by atoms with Gasteiger partial charge in [0, 0.05) is 31.6 Å². The van der Waals surface area contributed by atoms with E-state index < -0.39 is 0 Å². The van der Waals surface area contributed by atoms with Gasteiger partial charge in [-0.15, -0.1) is 12.4 Å². The second-order valence-corrected chi connectivity index (χ2v) is 7.47. The van der Waals surface area contributed by atoms with Gasteiger partial charge in [0.05, 0.1) is 0 Å². The van der Waals surface area contributed by atoms with Gasteiger partial charge in [0.25, 0.3) is 0 Å². The Morgan fingerprint density at radius 1 is 1.20 bits per heavy atom. The standard InChI is InChI=1S/C16H28N2O.ClH/c1-12(2)7-16(5-3-4-6-16)15(19)18-10-13-8-17-9-14(13)11-18;/h12-14,17H,3-11H2,1-2H3;1H/t13-,14+;. The fourth-order valence-electron chi connectivity index (χ4n) is 4.70. The number of carbonyl (C=O) groups is 1. The molecule has 0 unspecified atom stereocenters. The van der Waals surface area contributed by atoms with E-state index in [0.29, 0.717) is 11.8 Å². The second kappa shape index (κ2) is 6.23. The maximum atomic E-state index is 13.0. The largest absolute Gasteiger partial charge is 0.342 e. The van der Waals surface area contributed by atoms with Gasteiger partial charge in [0.1, 0.15) is 0 Å². The fourth-order valence-corrected chi connectivity index (χ4v) is 4.70. The van der Waals surface area contributed by atoms with Crippen LogP contribution in [0.2, 0.25) is 0 Å². The predicted octanol–water partition coefficient (Wildman–Crippen LogP) is 2.69. The van der Waals surface area contributed by atoms with E-state index in [1.807, 2.05) is 0 Å². The molecule has 116 valence electrons. The molecule has 1 amide bonds. The lowest BCUT2D eigenvalue weighted by atomic mass is 9.77. The Kier molecular flexibility index (Phi) is 5.01. The first-order chi connectivity index (χ1) is 9.11. The van der Waals surface area contributed by atoms with Crippen molar-refractivity contribution in [2.45, 2.75) is 46.0 Å². The summed E-state index contributed by atoms with van der Waals surface area (Å²) in [5.74, 6) is 2.57. The van der Waals surface area contributed by atoms with Crippen LogP contribution in [-0.4, -0.2) is 37.0 Å². The van der Waals surface area contributed by atoms with Crippen molar-refractivity contribution in [3.05, 3.63) is 0 Å². The number of hydrogen-bond acceptors (Lipinski definition) is 2. The Morgan fingerprint density at radius 3 is 2.25 bits per heavy atom. The average Bonchev–Trinajstić information content (AvgIpc) is 3.00. The normalized spacial score (nSPS) is 31.4. The first kappa shape index (κ1) is 16.1. The highest BCUT2D eigenvalue weighted by Crippen LogP contribution is 2.45. The molecule has 0 radical (unpaired) electrons. The highest BCUT2D eigenvalue weighted by molar-refractivity contribution is 5.85. The third kappa shape index (κ3) is 2.85. The van der Waals surface area contributed by atoms with Crippen molar-refractivity contribution < 1.29 is 4.79 Å². The second-order valence-electron chi connectivity index (χ2n) is 7.47. The van der Waals surface area contributed by atoms with Crippen molar-refractivity contribution in [3.63, 3.8) is 0 Å². The van der Waals surface area contributed by atoms with E-state index in [1.165, 1.54) is 12.8 Å². The van der Waals surface area contributed by atoms with Crippen LogP contribution in [-0.2, 0) is 4.79 Å². The summed E-state index contributed by atoms with van der Waals surface area (Å²) < 4.78 is 0. The molecule has 2 saturated heterocycles. The lowest BCUT2D eigenvalue weighted by molar-refractivity contribution is -0.142. The van der Waals surface area contributed by atoms with Crippen LogP contribution in [0.1, 0.15) is 46.0 Å². The first-order valence-electron chi connectivity index (χ1n) is 8.11. The zero-order valence-corrected chi connectivity index (χ0v) is 13.7. The van der Waals surface area contributed by atoms with Crippen LogP contribution in [0.4, 0.5) is 0 Å². The van der Waals surface area contributed by atoms with Crippen LogP contribution < -0.4 is 5.32 Å². The Labute approximate surface area is 129 Å². The van der Waals surface area contributed by atoms with Crippen molar-refractivity contribution in [2.75, 3.05) is 26.2 Å². The molecule has 0 aromatic carbocycles. The monoisotopic (exact) mass is 300 g/mol. The summed E-state index contributed by atoms with van der Waals surface area (Å²) in [7, 11) is 0. The summed E-state index contributed by atoms with van der Waals surface area (Å²) >= 11 is 0. The van der Waals surface area contributed by atoms with Gasteiger partial charge in [0.15, 0.2) is 0 Å². The van der Waals surface area contributed by atoms with Crippen molar-refractivity contribution in [3.8, 4) is 0 Å². The summed E-state index contributed by atoms with van der Waals surface area (Å²) in [5.41, 5.74) is 0.000231. The molecule has 2 aliphatic heterocycles. The quantitative estimate of drug-likeness (QED) is 0.869. The lowest BCUT2D eigenvalue weighted by Crippen LogP contribution is -2.43. The Balaban J connectivity index is 0.00000147. The molecule has 20 heavy (non-hydrogen) atoms. The van der Waals surface area contributed by atoms with E-state index in [9.17, 15) is 4.79 Å². The van der Waals surface area contributed by atoms with Crippen LogP contribution in [0.15, 0.2) is 0 Å². The van der Waals surface area contributed by atoms with Crippen LogP contribution >= 0.6 is 12.4 Å². The minimum atomic E-state index is 0. The number of likely N-dealkylation sites (tertiary alicyclic amines) is 1. The maximum absolute atomic E-state index is 13.0. The number of halogens is 1. The first-order valence-corrected chi connectivity index (χ1v) is 8.11. The number of carbonyl (C=O) groups excluding carboxylic acids is 1. The molecule has 1 N–H and O–H groups in total. The molecule has 0 bridgehead atoms. The smallest absolute Gasteiger partial charge is 0.228 e. The summed E-state index contributed by atoms with van der Waals surface area (Å²) in [6.45, 7) is 8.77. The lowest BCUT2D eigenvalue weighted by Gasteiger charge is -2.34. The molecular formula is C16H29ClN2O. The zero-order valence-electron chi connectivity index (χ0n) is 12.9. The molecule has 3 rings (SSSR count). The molecule has 4 heteroatoms. The molecule has 0 aromatic heterocycles. The van der Waals surface area contributed by atoms with Gasteiger partial charge >= 0.3 is 0 Å². The molecular weight excluding hydrogens is 272 g/mol. The highest BCUT2D eigenvalue weighted by atomic mass is 35.5. The highest BCUT2D eigenvalue weighted by Gasteiger charge is 2.47. The van der Waals surface area contributed by atoms with Gasteiger partial charge in [0.2, 0.25) is 5.91 Å². The van der Waals surface area contributed by atoms with Gasteiger partial charge in [-0.1, -0.05) is 26.7 Å². The third-order valence-corrected chi connectivity index (χ3v) is 5.49. The SMILES string of the molecule is CC(C)CC1(C(=O)N2C[C@H]3CNC[C@H]3C2)CCCC1.Cl. The number of fused-ring (bicyclic) bond motifs is 1. The van der Waals surface area contributed by atoms with Gasteiger partial charge in [-0.3, -0.25) is 4.79 Å². The molecule has 0 spiro atoms. The van der Waals surface area contributed by atoms with Crippen molar-refractivity contribution in [1.82, 2.24) is 10.2 Å². The van der Waals surface area contributed by atoms with Gasteiger partial charge in [-0.2, -0.15) is 0 Å². The van der Waals surface area contributed by atoms with Crippen LogP contribution in [0.25, 0.3) is 0 Å². The van der Waals surface area contributed by atoms with E-state index in [0.717, 1.165) is 57.3 Å². The minimum absolute atomic E-state index is 0. The fraction of sp³-hybridized carbons (Fsp3) is 0.938. The van der Waals surface area contributed by atoms with E-state index in [2.05, 4.69) is 24.1 Å². The number of nitrogens with one attached hydrogen (secondary N) is 1. The van der Waals surface area contributed by atoms with Crippen LogP contribution in [0, 0.1) is 23.2 Å². The summed E-state index contributed by atoms with van der Waals surface area (Å²) in [6.07, 6.45) is 5.86.